The van der Waals surface area contributed by atoms with Crippen LogP contribution in [0, 0.1) is 0 Å². The first kappa shape index (κ1) is 12.2. The molecule has 1 fully saturated rings. The zero-order valence-electron chi connectivity index (χ0n) is 9.07. The van der Waals surface area contributed by atoms with Crippen LogP contribution < -0.4 is 5.73 Å². The molecule has 4 N–H and O–H groups in total. The number of anilines is 1. The maximum Gasteiger partial charge on any atom is 0.243 e. The topological polar surface area (TPSA) is 104 Å². The largest absolute Gasteiger partial charge is 0.506 e. The summed E-state index contributed by atoms with van der Waals surface area (Å²) < 4.78 is 25.5. The van der Waals surface area contributed by atoms with Gasteiger partial charge in [-0.15, -0.1) is 0 Å². The number of aliphatic hydroxyl groups is 1. The zero-order valence-corrected chi connectivity index (χ0v) is 9.89. The molecule has 94 valence electrons. The molecule has 1 aromatic carbocycles. The summed E-state index contributed by atoms with van der Waals surface area (Å²) in [6, 6.07) is 3.76. The smallest absolute Gasteiger partial charge is 0.243 e. The minimum atomic E-state index is -3.63. The molecular formula is C10H14N2O4S. The van der Waals surface area contributed by atoms with E-state index >= 15 is 0 Å². The molecule has 0 bridgehead atoms. The lowest BCUT2D eigenvalue weighted by Crippen LogP contribution is -2.29. The van der Waals surface area contributed by atoms with Crippen molar-refractivity contribution >= 4 is 15.7 Å². The van der Waals surface area contributed by atoms with Crippen molar-refractivity contribution in [2.75, 3.05) is 18.8 Å². The predicted molar refractivity (Wildman–Crippen MR) is 61.9 cm³/mol. The molecule has 6 nitrogen and oxygen atoms in total. The van der Waals surface area contributed by atoms with Crippen LogP contribution in [0.15, 0.2) is 23.1 Å². The average Bonchev–Trinajstić information content (AvgIpc) is 2.69. The van der Waals surface area contributed by atoms with Gasteiger partial charge >= 0.3 is 0 Å². The van der Waals surface area contributed by atoms with Crippen molar-refractivity contribution in [3.8, 4) is 5.75 Å². The van der Waals surface area contributed by atoms with Gasteiger partial charge in [0.15, 0.2) is 0 Å². The van der Waals surface area contributed by atoms with Crippen LogP contribution in [0.25, 0.3) is 0 Å². The Hall–Kier alpha value is -1.31. The van der Waals surface area contributed by atoms with E-state index in [2.05, 4.69) is 0 Å². The number of nitrogens with zero attached hydrogens (tertiary/aromatic N) is 1. The van der Waals surface area contributed by atoms with Crippen molar-refractivity contribution in [3.05, 3.63) is 18.2 Å². The SMILES string of the molecule is Nc1cc(S(=O)(=O)N2CC[C@@H](O)C2)ccc1O. The highest BCUT2D eigenvalue weighted by Gasteiger charge is 2.31. The van der Waals surface area contributed by atoms with Crippen LogP contribution >= 0.6 is 0 Å². The number of hydrogen-bond acceptors (Lipinski definition) is 5. The molecule has 1 atom stereocenters. The van der Waals surface area contributed by atoms with Crippen LogP contribution in [0.3, 0.4) is 0 Å². The van der Waals surface area contributed by atoms with Crippen molar-refractivity contribution in [3.63, 3.8) is 0 Å². The van der Waals surface area contributed by atoms with Crippen LogP contribution in [0.2, 0.25) is 0 Å². The van der Waals surface area contributed by atoms with Gasteiger partial charge in [-0.05, 0) is 24.6 Å². The minimum absolute atomic E-state index is 0.0193. The molecule has 1 aliphatic heterocycles. The lowest BCUT2D eigenvalue weighted by Gasteiger charge is -2.16. The molecule has 0 saturated carbocycles. The van der Waals surface area contributed by atoms with Crippen LogP contribution in [0.1, 0.15) is 6.42 Å². The van der Waals surface area contributed by atoms with Crippen LogP contribution in [0.5, 0.6) is 5.75 Å². The van der Waals surface area contributed by atoms with Gasteiger partial charge in [-0.25, -0.2) is 8.42 Å². The minimum Gasteiger partial charge on any atom is -0.506 e. The zero-order chi connectivity index (χ0) is 12.6. The summed E-state index contributed by atoms with van der Waals surface area (Å²) in [5, 5.41) is 18.6. The number of rotatable bonds is 2. The first-order chi connectivity index (χ1) is 7.91. The predicted octanol–water partition coefficient (Wildman–Crippen LogP) is -0.270. The summed E-state index contributed by atoms with van der Waals surface area (Å²) in [5.74, 6) is -0.148. The highest BCUT2D eigenvalue weighted by Crippen LogP contribution is 2.26. The molecule has 0 spiro atoms. The fourth-order valence-electron chi connectivity index (χ4n) is 1.77. The first-order valence-electron chi connectivity index (χ1n) is 5.18. The third-order valence-corrected chi connectivity index (χ3v) is 4.62. The van der Waals surface area contributed by atoms with Crippen molar-refractivity contribution in [2.45, 2.75) is 17.4 Å². The molecule has 1 aromatic rings. The average molecular weight is 258 g/mol. The molecule has 1 saturated heterocycles. The van der Waals surface area contributed by atoms with Crippen LogP contribution in [-0.4, -0.2) is 42.1 Å². The molecule has 2 rings (SSSR count). The van der Waals surface area contributed by atoms with Crippen molar-refractivity contribution in [1.29, 1.82) is 0 Å². The Morgan fingerprint density at radius 3 is 2.65 bits per heavy atom. The quantitative estimate of drug-likeness (QED) is 0.500. The molecule has 7 heteroatoms. The highest BCUT2D eigenvalue weighted by atomic mass is 32.2. The number of sulfonamides is 1. The Labute approximate surface area is 99.3 Å². The number of phenolic OH excluding ortho intramolecular Hbond substituents is 1. The lowest BCUT2D eigenvalue weighted by molar-refractivity contribution is 0.189. The van der Waals surface area contributed by atoms with E-state index in [0.29, 0.717) is 13.0 Å². The Morgan fingerprint density at radius 1 is 1.41 bits per heavy atom. The van der Waals surface area contributed by atoms with E-state index in [9.17, 15) is 18.6 Å². The second-order valence-electron chi connectivity index (χ2n) is 4.03. The number of nitrogen functional groups attached to an aromatic ring is 1. The standard InChI is InChI=1S/C10H14N2O4S/c11-9-5-8(1-2-10(9)14)17(15,16)12-4-3-7(13)6-12/h1-2,5,7,13-14H,3-4,6,11H2/t7-/m1/s1. The summed E-state index contributed by atoms with van der Waals surface area (Å²) in [4.78, 5) is 0.0295. The molecule has 1 aliphatic rings. The van der Waals surface area contributed by atoms with Crippen LogP contribution in [-0.2, 0) is 10.0 Å². The Morgan fingerprint density at radius 2 is 2.12 bits per heavy atom. The van der Waals surface area contributed by atoms with E-state index < -0.39 is 16.1 Å². The maximum absolute atomic E-state index is 12.1. The van der Waals surface area contributed by atoms with E-state index in [1.165, 1.54) is 22.5 Å². The maximum atomic E-state index is 12.1. The van der Waals surface area contributed by atoms with Gasteiger partial charge in [-0.1, -0.05) is 0 Å². The third-order valence-electron chi connectivity index (χ3n) is 2.76. The normalized spacial score (nSPS) is 21.8. The van der Waals surface area contributed by atoms with E-state index in [4.69, 9.17) is 5.73 Å². The second kappa shape index (κ2) is 4.17. The van der Waals surface area contributed by atoms with Gasteiger partial charge in [0.1, 0.15) is 5.75 Å². The third kappa shape index (κ3) is 2.21. The summed E-state index contributed by atoms with van der Waals surface area (Å²) in [6.07, 6.45) is -0.175. The highest BCUT2D eigenvalue weighted by molar-refractivity contribution is 7.89. The summed E-state index contributed by atoms with van der Waals surface area (Å²) in [5.41, 5.74) is 5.48. The molecular weight excluding hydrogens is 244 g/mol. The van der Waals surface area contributed by atoms with Gasteiger partial charge in [-0.2, -0.15) is 4.31 Å². The summed E-state index contributed by atoms with van der Waals surface area (Å²) in [7, 11) is -3.63. The Balaban J connectivity index is 2.35. The van der Waals surface area contributed by atoms with Gasteiger partial charge in [0.05, 0.1) is 16.7 Å². The number of phenols is 1. The molecule has 0 unspecified atom stereocenters. The Bertz CT molecular complexity index is 529. The molecule has 0 radical (unpaired) electrons. The second-order valence-corrected chi connectivity index (χ2v) is 5.96. The molecule has 1 heterocycles. The molecule has 17 heavy (non-hydrogen) atoms. The number of benzene rings is 1. The Kier molecular flexibility index (Phi) is 2.98. The lowest BCUT2D eigenvalue weighted by atomic mass is 10.3. The van der Waals surface area contributed by atoms with Gasteiger partial charge in [0.25, 0.3) is 0 Å². The van der Waals surface area contributed by atoms with Crippen molar-refractivity contribution in [1.82, 2.24) is 4.31 Å². The van der Waals surface area contributed by atoms with Crippen molar-refractivity contribution in [2.24, 2.45) is 0 Å². The summed E-state index contributed by atoms with van der Waals surface area (Å²) >= 11 is 0. The van der Waals surface area contributed by atoms with Gasteiger partial charge in [-0.3, -0.25) is 0 Å². The molecule has 0 aliphatic carbocycles. The van der Waals surface area contributed by atoms with Gasteiger partial charge < -0.3 is 15.9 Å². The number of β-amino-alcohol motifs (C(OH)–C–C–N with tert-alkyl or cyclic N) is 1. The summed E-state index contributed by atoms with van der Waals surface area (Å²) in [6.45, 7) is 0.396. The number of nitrogens with two attached hydrogens (primary N) is 1. The molecule has 0 aromatic heterocycles. The fourth-order valence-corrected chi connectivity index (χ4v) is 3.30. The number of aromatic hydroxyl groups is 1. The van der Waals surface area contributed by atoms with E-state index in [1.54, 1.807) is 0 Å². The van der Waals surface area contributed by atoms with Crippen molar-refractivity contribution < 1.29 is 18.6 Å². The van der Waals surface area contributed by atoms with Gasteiger partial charge in [0.2, 0.25) is 10.0 Å². The van der Waals surface area contributed by atoms with E-state index in [1.807, 2.05) is 0 Å². The monoisotopic (exact) mass is 258 g/mol. The fraction of sp³-hybridized carbons (Fsp3) is 0.400. The molecule has 0 amide bonds. The van der Waals surface area contributed by atoms with E-state index in [-0.39, 0.29) is 22.9 Å². The number of aliphatic hydroxyl groups excluding tert-OH is 1. The van der Waals surface area contributed by atoms with Crippen LogP contribution in [0.4, 0.5) is 5.69 Å². The first-order valence-corrected chi connectivity index (χ1v) is 6.62. The number of hydrogen-bond donors (Lipinski definition) is 3. The van der Waals surface area contributed by atoms with Gasteiger partial charge in [0, 0.05) is 13.1 Å². The van der Waals surface area contributed by atoms with E-state index in [0.717, 1.165) is 0 Å².